The first-order valence-electron chi connectivity index (χ1n) is 10.9. The molecule has 1 unspecified atom stereocenters. The molecule has 32 heavy (non-hydrogen) atoms. The van der Waals surface area contributed by atoms with E-state index in [4.69, 9.17) is 0 Å². The van der Waals surface area contributed by atoms with Crippen LogP contribution in [0, 0.1) is 6.92 Å². The van der Waals surface area contributed by atoms with Crippen LogP contribution in [0.2, 0.25) is 0 Å². The van der Waals surface area contributed by atoms with E-state index in [0.717, 1.165) is 49.6 Å². The van der Waals surface area contributed by atoms with Gasteiger partial charge >= 0.3 is 0 Å². The van der Waals surface area contributed by atoms with E-state index in [-0.39, 0.29) is 24.0 Å². The molecule has 0 aromatic heterocycles. The second-order valence-electron chi connectivity index (χ2n) is 8.23. The van der Waals surface area contributed by atoms with Gasteiger partial charge in [0.1, 0.15) is 0 Å². The third kappa shape index (κ3) is 6.92. The summed E-state index contributed by atoms with van der Waals surface area (Å²) >= 11 is 0. The Morgan fingerprint density at radius 3 is 2.50 bits per heavy atom. The van der Waals surface area contributed by atoms with Crippen molar-refractivity contribution in [3.63, 3.8) is 0 Å². The average molecular weight is 571 g/mol. The van der Waals surface area contributed by atoms with Crippen molar-refractivity contribution < 1.29 is 8.42 Å². The number of hydrogen-bond acceptors (Lipinski definition) is 4. The smallest absolute Gasteiger partial charge is 0.191 e. The number of rotatable bonds is 7. The second kappa shape index (κ2) is 12.0. The summed E-state index contributed by atoms with van der Waals surface area (Å²) in [5, 5.41) is 6.80. The molecule has 0 fully saturated rings. The predicted octanol–water partition coefficient (Wildman–Crippen LogP) is 3.52. The number of aliphatic imine (C=N–C) groups is 1. The van der Waals surface area contributed by atoms with Crippen molar-refractivity contribution in [1.29, 1.82) is 0 Å². The first-order valence-corrected chi connectivity index (χ1v) is 12.8. The van der Waals surface area contributed by atoms with Crippen LogP contribution >= 0.6 is 24.0 Å². The lowest BCUT2D eigenvalue weighted by molar-refractivity contribution is 0.174. The van der Waals surface area contributed by atoms with Gasteiger partial charge in [-0.1, -0.05) is 43.3 Å². The number of nitrogens with one attached hydrogen (secondary N) is 2. The zero-order valence-electron chi connectivity index (χ0n) is 19.4. The summed E-state index contributed by atoms with van der Waals surface area (Å²) in [6, 6.07) is 14.6. The van der Waals surface area contributed by atoms with E-state index < -0.39 is 9.84 Å². The van der Waals surface area contributed by atoms with E-state index in [1.54, 1.807) is 13.1 Å². The van der Waals surface area contributed by atoms with Crippen LogP contribution in [0.4, 0.5) is 0 Å². The number of hydrogen-bond donors (Lipinski definition) is 2. The van der Waals surface area contributed by atoms with E-state index in [1.165, 1.54) is 17.4 Å². The fourth-order valence-corrected chi connectivity index (χ4v) is 5.18. The molecule has 3 rings (SSSR count). The summed E-state index contributed by atoms with van der Waals surface area (Å²) in [6.45, 7) is 7.54. The Hall–Kier alpha value is -1.65. The lowest BCUT2D eigenvalue weighted by Crippen LogP contribution is -2.48. The van der Waals surface area contributed by atoms with Gasteiger partial charge in [0.15, 0.2) is 15.8 Å². The van der Waals surface area contributed by atoms with E-state index in [2.05, 4.69) is 51.7 Å². The largest absolute Gasteiger partial charge is 0.355 e. The summed E-state index contributed by atoms with van der Waals surface area (Å²) in [6.07, 6.45) is 3.41. The minimum absolute atomic E-state index is 0. The van der Waals surface area contributed by atoms with Crippen molar-refractivity contribution in [3.8, 4) is 0 Å². The number of sulfone groups is 1. The summed E-state index contributed by atoms with van der Waals surface area (Å²) in [5.41, 5.74) is 4.69. The van der Waals surface area contributed by atoms with Gasteiger partial charge in [-0.2, -0.15) is 0 Å². The minimum atomic E-state index is -3.20. The quantitative estimate of drug-likeness (QED) is 0.303. The van der Waals surface area contributed by atoms with Gasteiger partial charge in [0, 0.05) is 45.5 Å². The van der Waals surface area contributed by atoms with E-state index >= 15 is 0 Å². The number of fused-ring (bicyclic) bond motifs is 1. The Labute approximate surface area is 209 Å². The SMILES string of the molecule is CCC(CNC(=NC)NCc1ccc(S(C)(=O)=O)c(C)c1)N1CCc2ccccc2C1.I. The molecule has 0 saturated heterocycles. The molecule has 2 N–H and O–H groups in total. The Bertz CT molecular complexity index is 1040. The van der Waals surface area contributed by atoms with Gasteiger partial charge in [-0.15, -0.1) is 24.0 Å². The van der Waals surface area contributed by atoms with Gasteiger partial charge < -0.3 is 10.6 Å². The van der Waals surface area contributed by atoms with Crippen molar-refractivity contribution in [2.75, 3.05) is 26.4 Å². The molecule has 0 amide bonds. The molecule has 0 saturated carbocycles. The molecule has 0 spiro atoms. The van der Waals surface area contributed by atoms with Gasteiger partial charge in [0.25, 0.3) is 0 Å². The molecule has 2 aromatic carbocycles. The second-order valence-corrected chi connectivity index (χ2v) is 10.2. The molecule has 1 heterocycles. The van der Waals surface area contributed by atoms with Gasteiger partial charge in [0.2, 0.25) is 0 Å². The van der Waals surface area contributed by atoms with Crippen molar-refractivity contribution in [3.05, 3.63) is 64.7 Å². The highest BCUT2D eigenvalue weighted by molar-refractivity contribution is 14.0. The summed E-state index contributed by atoms with van der Waals surface area (Å²) in [5.74, 6) is 0.751. The maximum Gasteiger partial charge on any atom is 0.191 e. The zero-order chi connectivity index (χ0) is 22.4. The highest BCUT2D eigenvalue weighted by Gasteiger charge is 2.22. The van der Waals surface area contributed by atoms with Crippen LogP contribution in [0.1, 0.15) is 35.6 Å². The molecule has 0 aliphatic carbocycles. The molecular formula is C24H35IN4O2S. The van der Waals surface area contributed by atoms with Crippen LogP contribution in [-0.2, 0) is 29.3 Å². The van der Waals surface area contributed by atoms with Crippen LogP contribution in [0.3, 0.4) is 0 Å². The number of guanidine groups is 1. The van der Waals surface area contributed by atoms with Crippen LogP contribution in [0.15, 0.2) is 52.4 Å². The van der Waals surface area contributed by atoms with Gasteiger partial charge in [-0.05, 0) is 48.1 Å². The van der Waals surface area contributed by atoms with Crippen LogP contribution in [0.5, 0.6) is 0 Å². The molecule has 8 heteroatoms. The first-order chi connectivity index (χ1) is 14.8. The van der Waals surface area contributed by atoms with Crippen molar-refractivity contribution in [1.82, 2.24) is 15.5 Å². The lowest BCUT2D eigenvalue weighted by Gasteiger charge is -2.35. The maximum atomic E-state index is 11.8. The molecule has 0 radical (unpaired) electrons. The third-order valence-corrected chi connectivity index (χ3v) is 7.23. The van der Waals surface area contributed by atoms with Crippen LogP contribution < -0.4 is 10.6 Å². The van der Waals surface area contributed by atoms with Gasteiger partial charge in [-0.3, -0.25) is 9.89 Å². The number of benzene rings is 2. The highest BCUT2D eigenvalue weighted by Crippen LogP contribution is 2.21. The van der Waals surface area contributed by atoms with Crippen molar-refractivity contribution >= 4 is 39.8 Å². The van der Waals surface area contributed by atoms with E-state index in [0.29, 0.717) is 17.5 Å². The van der Waals surface area contributed by atoms with Crippen molar-refractivity contribution in [2.45, 2.75) is 50.7 Å². The van der Waals surface area contributed by atoms with Crippen molar-refractivity contribution in [2.24, 2.45) is 4.99 Å². The van der Waals surface area contributed by atoms with Gasteiger partial charge in [-0.25, -0.2) is 8.42 Å². The standard InChI is InChI=1S/C24H34N4O2S.HI/c1-5-22(28-13-12-20-8-6-7-9-21(20)17-28)16-27-24(25-3)26-15-19-10-11-23(18(2)14-19)31(4,29)30;/h6-11,14,22H,5,12-13,15-17H2,1-4H3,(H2,25,26,27);1H. The molecule has 2 aromatic rings. The Balaban J connectivity index is 0.00000363. The Kier molecular flexibility index (Phi) is 9.97. The summed E-state index contributed by atoms with van der Waals surface area (Å²) in [4.78, 5) is 7.28. The average Bonchev–Trinajstić information content (AvgIpc) is 2.75. The zero-order valence-corrected chi connectivity index (χ0v) is 22.5. The summed E-state index contributed by atoms with van der Waals surface area (Å²) in [7, 11) is -1.43. The third-order valence-electron chi connectivity index (χ3n) is 5.98. The molecule has 6 nitrogen and oxygen atoms in total. The first kappa shape index (κ1) is 26.6. The Morgan fingerprint density at radius 2 is 1.88 bits per heavy atom. The number of halogens is 1. The summed E-state index contributed by atoms with van der Waals surface area (Å²) < 4.78 is 23.6. The highest BCUT2D eigenvalue weighted by atomic mass is 127. The number of aryl methyl sites for hydroxylation is 1. The fourth-order valence-electron chi connectivity index (χ4n) is 4.22. The van der Waals surface area contributed by atoms with E-state index in [1.807, 2.05) is 19.1 Å². The number of nitrogens with zero attached hydrogens (tertiary/aromatic N) is 2. The molecule has 176 valence electrons. The fraction of sp³-hybridized carbons (Fsp3) is 0.458. The minimum Gasteiger partial charge on any atom is -0.355 e. The molecular weight excluding hydrogens is 535 g/mol. The van der Waals surface area contributed by atoms with Crippen LogP contribution in [0.25, 0.3) is 0 Å². The lowest BCUT2D eigenvalue weighted by atomic mass is 9.98. The predicted molar refractivity (Wildman–Crippen MR) is 143 cm³/mol. The maximum absolute atomic E-state index is 11.8. The van der Waals surface area contributed by atoms with E-state index in [9.17, 15) is 8.42 Å². The Morgan fingerprint density at radius 1 is 1.16 bits per heavy atom. The topological polar surface area (TPSA) is 73.8 Å². The van der Waals surface area contributed by atoms with Gasteiger partial charge in [0.05, 0.1) is 4.90 Å². The molecule has 0 bridgehead atoms. The van der Waals surface area contributed by atoms with Crippen LogP contribution in [-0.4, -0.2) is 51.7 Å². The monoisotopic (exact) mass is 570 g/mol. The normalized spacial score (nSPS) is 15.4. The molecule has 1 atom stereocenters. The molecule has 1 aliphatic rings. The molecule has 1 aliphatic heterocycles.